The van der Waals surface area contributed by atoms with E-state index in [1.54, 1.807) is 0 Å². The Morgan fingerprint density at radius 2 is 2.36 bits per heavy atom. The largest absolute Gasteiger partial charge is 0.353 e. The van der Waals surface area contributed by atoms with Gasteiger partial charge in [-0.15, -0.1) is 0 Å². The Morgan fingerprint density at radius 3 is 3.05 bits per heavy atom. The molecule has 3 unspecified atom stereocenters. The molecular formula is C17H29N5. The van der Waals surface area contributed by atoms with Crippen LogP contribution in [0.1, 0.15) is 38.2 Å². The van der Waals surface area contributed by atoms with E-state index in [-0.39, 0.29) is 0 Å². The second-order valence-electron chi connectivity index (χ2n) is 6.91. The normalized spacial score (nSPS) is 28.2. The first-order valence-corrected chi connectivity index (χ1v) is 8.65. The van der Waals surface area contributed by atoms with Crippen molar-refractivity contribution in [1.82, 2.24) is 20.0 Å². The number of nitrogens with zero attached hydrogens (tertiary/aromatic N) is 4. The van der Waals surface area contributed by atoms with Gasteiger partial charge in [-0.1, -0.05) is 13.3 Å². The lowest BCUT2D eigenvalue weighted by Gasteiger charge is -2.22. The minimum atomic E-state index is 0.663. The maximum absolute atomic E-state index is 4.51. The van der Waals surface area contributed by atoms with Gasteiger partial charge < -0.3 is 10.2 Å². The Morgan fingerprint density at radius 1 is 1.50 bits per heavy atom. The van der Waals surface area contributed by atoms with E-state index in [1.807, 2.05) is 25.0 Å². The Labute approximate surface area is 133 Å². The summed E-state index contributed by atoms with van der Waals surface area (Å²) < 4.78 is 1.89. The number of rotatable bonds is 5. The van der Waals surface area contributed by atoms with Crippen LogP contribution < -0.4 is 5.32 Å². The molecule has 1 saturated heterocycles. The van der Waals surface area contributed by atoms with Gasteiger partial charge >= 0.3 is 0 Å². The third-order valence-corrected chi connectivity index (χ3v) is 4.98. The van der Waals surface area contributed by atoms with Gasteiger partial charge in [0.2, 0.25) is 0 Å². The van der Waals surface area contributed by atoms with Crippen LogP contribution in [-0.2, 0) is 13.5 Å². The number of likely N-dealkylation sites (tertiary alicyclic amines) is 1. The van der Waals surface area contributed by atoms with Crippen LogP contribution in [0.3, 0.4) is 0 Å². The molecule has 1 saturated carbocycles. The minimum Gasteiger partial charge on any atom is -0.353 e. The van der Waals surface area contributed by atoms with Crippen molar-refractivity contribution < 1.29 is 0 Å². The molecule has 1 N–H and O–H groups in total. The minimum absolute atomic E-state index is 0.663. The standard InChI is InChI=1S/C17H29N5/c1-4-5-15-9-16(15)20-17(18-2)22-7-6-13(12-22)8-14-10-19-21(3)11-14/h10-11,13,15-16H,4-9,12H2,1-3H3,(H,18,20). The molecule has 5 heteroatoms. The van der Waals surface area contributed by atoms with Crippen LogP contribution in [0.15, 0.2) is 17.4 Å². The molecule has 2 aliphatic rings. The lowest BCUT2D eigenvalue weighted by molar-refractivity contribution is 0.457. The molecule has 0 radical (unpaired) electrons. The van der Waals surface area contributed by atoms with E-state index >= 15 is 0 Å². The van der Waals surface area contributed by atoms with Crippen molar-refractivity contribution in [2.24, 2.45) is 23.9 Å². The monoisotopic (exact) mass is 303 g/mol. The topological polar surface area (TPSA) is 45.5 Å². The highest BCUT2D eigenvalue weighted by Crippen LogP contribution is 2.34. The van der Waals surface area contributed by atoms with Gasteiger partial charge in [0.15, 0.2) is 5.96 Å². The first kappa shape index (κ1) is 15.4. The summed E-state index contributed by atoms with van der Waals surface area (Å²) >= 11 is 0. The molecule has 5 nitrogen and oxygen atoms in total. The molecule has 1 aliphatic carbocycles. The van der Waals surface area contributed by atoms with E-state index in [1.165, 1.54) is 31.2 Å². The molecule has 0 spiro atoms. The van der Waals surface area contributed by atoms with Gasteiger partial charge in [-0.3, -0.25) is 9.67 Å². The molecule has 22 heavy (non-hydrogen) atoms. The highest BCUT2D eigenvalue weighted by molar-refractivity contribution is 5.80. The highest BCUT2D eigenvalue weighted by Gasteiger charge is 2.38. The van der Waals surface area contributed by atoms with Gasteiger partial charge in [-0.05, 0) is 43.1 Å². The van der Waals surface area contributed by atoms with Gasteiger partial charge in [-0.25, -0.2) is 0 Å². The Balaban J connectivity index is 1.48. The summed E-state index contributed by atoms with van der Waals surface area (Å²) in [5.41, 5.74) is 1.35. The van der Waals surface area contributed by atoms with Crippen molar-refractivity contribution in [1.29, 1.82) is 0 Å². The number of aromatic nitrogens is 2. The zero-order valence-electron chi connectivity index (χ0n) is 14.1. The van der Waals surface area contributed by atoms with E-state index in [4.69, 9.17) is 0 Å². The highest BCUT2D eigenvalue weighted by atomic mass is 15.3. The van der Waals surface area contributed by atoms with Crippen LogP contribution in [0.5, 0.6) is 0 Å². The number of nitrogens with one attached hydrogen (secondary N) is 1. The van der Waals surface area contributed by atoms with Crippen molar-refractivity contribution in [3.05, 3.63) is 18.0 Å². The number of aryl methyl sites for hydroxylation is 1. The summed E-state index contributed by atoms with van der Waals surface area (Å²) in [5.74, 6) is 2.70. The summed E-state index contributed by atoms with van der Waals surface area (Å²) in [5, 5.41) is 7.93. The fourth-order valence-electron chi connectivity index (χ4n) is 3.68. The summed E-state index contributed by atoms with van der Waals surface area (Å²) in [6.45, 7) is 4.50. The van der Waals surface area contributed by atoms with Crippen molar-refractivity contribution in [3.63, 3.8) is 0 Å². The first-order chi connectivity index (χ1) is 10.7. The molecule has 1 aromatic heterocycles. The quantitative estimate of drug-likeness (QED) is 0.669. The Kier molecular flexibility index (Phi) is 4.69. The molecule has 122 valence electrons. The molecule has 1 aliphatic heterocycles. The van der Waals surface area contributed by atoms with Crippen LogP contribution in [-0.4, -0.2) is 46.8 Å². The summed E-state index contributed by atoms with van der Waals surface area (Å²) in [4.78, 5) is 6.94. The molecule has 1 aromatic rings. The van der Waals surface area contributed by atoms with Crippen LogP contribution >= 0.6 is 0 Å². The fraction of sp³-hybridized carbons (Fsp3) is 0.765. The number of hydrogen-bond donors (Lipinski definition) is 1. The molecule has 3 atom stereocenters. The predicted octanol–water partition coefficient (Wildman–Crippen LogP) is 2.05. The smallest absolute Gasteiger partial charge is 0.193 e. The maximum atomic E-state index is 4.51. The van der Waals surface area contributed by atoms with Gasteiger partial charge in [0.1, 0.15) is 0 Å². The molecular weight excluding hydrogens is 274 g/mol. The van der Waals surface area contributed by atoms with Crippen LogP contribution in [0, 0.1) is 11.8 Å². The van der Waals surface area contributed by atoms with Crippen LogP contribution in [0.2, 0.25) is 0 Å². The summed E-state index contributed by atoms with van der Waals surface area (Å²) in [6, 6.07) is 0.663. The van der Waals surface area contributed by atoms with E-state index in [0.717, 1.165) is 31.4 Å². The van der Waals surface area contributed by atoms with Crippen molar-refractivity contribution in [2.45, 2.75) is 45.1 Å². The molecule has 0 amide bonds. The Hall–Kier alpha value is -1.52. The number of hydrogen-bond acceptors (Lipinski definition) is 2. The van der Waals surface area contributed by atoms with Gasteiger partial charge in [0, 0.05) is 39.4 Å². The summed E-state index contributed by atoms with van der Waals surface area (Å²) in [7, 11) is 3.90. The number of guanidine groups is 1. The zero-order valence-corrected chi connectivity index (χ0v) is 14.1. The van der Waals surface area contributed by atoms with E-state index in [2.05, 4.69) is 33.4 Å². The second-order valence-corrected chi connectivity index (χ2v) is 6.91. The third-order valence-electron chi connectivity index (χ3n) is 4.98. The predicted molar refractivity (Wildman–Crippen MR) is 89.9 cm³/mol. The second kappa shape index (κ2) is 6.71. The molecule has 3 rings (SSSR count). The van der Waals surface area contributed by atoms with Crippen molar-refractivity contribution in [3.8, 4) is 0 Å². The molecule has 2 heterocycles. The lowest BCUT2D eigenvalue weighted by Crippen LogP contribution is -2.41. The van der Waals surface area contributed by atoms with Crippen LogP contribution in [0.25, 0.3) is 0 Å². The van der Waals surface area contributed by atoms with Gasteiger partial charge in [0.25, 0.3) is 0 Å². The average molecular weight is 303 g/mol. The fourth-order valence-corrected chi connectivity index (χ4v) is 3.68. The Bertz CT molecular complexity index is 521. The molecule has 0 bridgehead atoms. The number of aliphatic imine (C=N–C) groups is 1. The van der Waals surface area contributed by atoms with E-state index in [9.17, 15) is 0 Å². The van der Waals surface area contributed by atoms with Gasteiger partial charge in [-0.2, -0.15) is 5.10 Å². The molecule has 0 aromatic carbocycles. The van der Waals surface area contributed by atoms with E-state index in [0.29, 0.717) is 12.0 Å². The van der Waals surface area contributed by atoms with Crippen LogP contribution in [0.4, 0.5) is 0 Å². The zero-order chi connectivity index (χ0) is 15.5. The van der Waals surface area contributed by atoms with Crippen molar-refractivity contribution >= 4 is 5.96 Å². The SMILES string of the molecule is CCCC1CC1NC(=NC)N1CCC(Cc2cnn(C)c2)C1. The van der Waals surface area contributed by atoms with Crippen molar-refractivity contribution in [2.75, 3.05) is 20.1 Å². The van der Waals surface area contributed by atoms with E-state index < -0.39 is 0 Å². The maximum Gasteiger partial charge on any atom is 0.193 e. The lowest BCUT2D eigenvalue weighted by atomic mass is 10.0. The first-order valence-electron chi connectivity index (χ1n) is 8.65. The third kappa shape index (κ3) is 3.62. The summed E-state index contributed by atoms with van der Waals surface area (Å²) in [6.07, 6.45) is 10.5. The molecule has 2 fully saturated rings. The average Bonchev–Trinajstić information content (AvgIpc) is 2.87. The van der Waals surface area contributed by atoms with Gasteiger partial charge in [0.05, 0.1) is 6.20 Å².